The molecule has 1 aliphatic heterocycles. The van der Waals surface area contributed by atoms with E-state index in [0.717, 1.165) is 11.9 Å². The molecule has 2 aliphatic rings. The number of rotatable bonds is 5. The van der Waals surface area contributed by atoms with Crippen LogP contribution in [0.1, 0.15) is 26.2 Å². The Morgan fingerprint density at radius 1 is 1.52 bits per heavy atom. The maximum Gasteiger partial charge on any atom is 0.336 e. The molecule has 0 aromatic carbocycles. The molecule has 0 unspecified atom stereocenters. The Hall–Kier alpha value is -2.51. The minimum atomic E-state index is -1.43. The molecule has 1 aliphatic carbocycles. The highest BCUT2D eigenvalue weighted by atomic mass is 16.6. The molecule has 0 radical (unpaired) electrons. The number of hydrogen-bond donors (Lipinski definition) is 2. The lowest BCUT2D eigenvalue weighted by Gasteiger charge is -2.27. The molecular weight excluding hydrogens is 352 g/mol. The number of esters is 2. The van der Waals surface area contributed by atoms with E-state index in [1.807, 2.05) is 13.0 Å². The van der Waals surface area contributed by atoms with Gasteiger partial charge in [0.25, 0.3) is 0 Å². The van der Waals surface area contributed by atoms with Crippen LogP contribution in [-0.2, 0) is 23.9 Å². The number of ether oxygens (including phenoxy) is 2. The fraction of sp³-hybridized carbons (Fsp3) is 0.450. The molecule has 0 saturated carbocycles. The fourth-order valence-electron chi connectivity index (χ4n) is 3.16. The molecule has 0 spiro atoms. The zero-order chi connectivity index (χ0) is 20.1. The second-order valence-corrected chi connectivity index (χ2v) is 6.74. The summed E-state index contributed by atoms with van der Waals surface area (Å²) in [7, 11) is 0. The van der Waals surface area contributed by atoms with Gasteiger partial charge in [0, 0.05) is 12.0 Å². The third kappa shape index (κ3) is 4.81. The Balaban J connectivity index is 2.37. The summed E-state index contributed by atoms with van der Waals surface area (Å²) in [6, 6.07) is 0. The third-order valence-corrected chi connectivity index (χ3v) is 4.74. The first-order valence-electron chi connectivity index (χ1n) is 8.68. The van der Waals surface area contributed by atoms with Crippen molar-refractivity contribution in [3.63, 3.8) is 0 Å². The van der Waals surface area contributed by atoms with Crippen LogP contribution >= 0.6 is 0 Å². The van der Waals surface area contributed by atoms with Gasteiger partial charge < -0.3 is 19.7 Å². The third-order valence-electron chi connectivity index (χ3n) is 4.74. The number of carbonyl (C=O) groups is 3. The van der Waals surface area contributed by atoms with E-state index in [1.54, 1.807) is 6.08 Å². The largest absolute Gasteiger partial charge is 0.458 e. The lowest BCUT2D eigenvalue weighted by molar-refractivity contribution is -0.148. The Bertz CT molecular complexity index is 716. The Morgan fingerprint density at radius 2 is 2.22 bits per heavy atom. The van der Waals surface area contributed by atoms with Gasteiger partial charge in [-0.1, -0.05) is 24.8 Å². The Morgan fingerprint density at radius 3 is 2.85 bits per heavy atom. The Labute approximate surface area is 157 Å². The number of fused-ring (bicyclic) bond motifs is 1. The van der Waals surface area contributed by atoms with Gasteiger partial charge in [-0.05, 0) is 31.4 Å². The van der Waals surface area contributed by atoms with Crippen LogP contribution in [0.25, 0.3) is 0 Å². The molecule has 2 rings (SSSR count). The van der Waals surface area contributed by atoms with Crippen LogP contribution in [0.2, 0.25) is 0 Å². The minimum absolute atomic E-state index is 0.154. The summed E-state index contributed by atoms with van der Waals surface area (Å²) < 4.78 is 10.8. The summed E-state index contributed by atoms with van der Waals surface area (Å²) in [5.41, 5.74) is 1.27. The van der Waals surface area contributed by atoms with E-state index in [1.165, 1.54) is 0 Å². The van der Waals surface area contributed by atoms with Crippen molar-refractivity contribution < 1.29 is 34.1 Å². The fourth-order valence-corrected chi connectivity index (χ4v) is 3.16. The van der Waals surface area contributed by atoms with Gasteiger partial charge in [0.1, 0.15) is 24.6 Å². The lowest BCUT2D eigenvalue weighted by Crippen LogP contribution is -2.35. The quantitative estimate of drug-likeness (QED) is 0.321. The molecule has 4 atom stereocenters. The number of hydrogen-bond acceptors (Lipinski definition) is 7. The molecule has 146 valence electrons. The van der Waals surface area contributed by atoms with E-state index in [-0.39, 0.29) is 11.1 Å². The molecule has 1 fully saturated rings. The molecular formula is C20H24O7. The number of carbonyl (C=O) groups excluding carboxylic acids is 3. The van der Waals surface area contributed by atoms with Gasteiger partial charge in [0.15, 0.2) is 0 Å². The van der Waals surface area contributed by atoms with Crippen LogP contribution in [0.5, 0.6) is 0 Å². The average Bonchev–Trinajstić information content (AvgIpc) is 2.92. The summed E-state index contributed by atoms with van der Waals surface area (Å²) in [6.45, 7) is 8.41. The van der Waals surface area contributed by atoms with Crippen molar-refractivity contribution in [2.75, 3.05) is 6.61 Å². The van der Waals surface area contributed by atoms with E-state index < -0.39 is 42.8 Å². The summed E-state index contributed by atoms with van der Waals surface area (Å²) in [5.74, 6) is -2.16. The first kappa shape index (κ1) is 20.8. The van der Waals surface area contributed by atoms with Crippen molar-refractivity contribution in [2.45, 2.75) is 44.5 Å². The van der Waals surface area contributed by atoms with Crippen molar-refractivity contribution >= 4 is 18.2 Å². The molecule has 27 heavy (non-hydrogen) atoms. The van der Waals surface area contributed by atoms with Crippen LogP contribution in [0.4, 0.5) is 0 Å². The highest BCUT2D eigenvalue weighted by Gasteiger charge is 2.44. The molecule has 7 nitrogen and oxygen atoms in total. The van der Waals surface area contributed by atoms with Crippen molar-refractivity contribution in [1.82, 2.24) is 0 Å². The topological polar surface area (TPSA) is 110 Å². The normalized spacial score (nSPS) is 30.7. The smallest absolute Gasteiger partial charge is 0.336 e. The standard InChI is InChI=1S/C20H24O7/c1-11-5-4-6-14(9-21)8-17-18(13(3)20(25)27-17)16(7-11)26-19(24)12(2)15(23)10-22/h5,8-9,15-18,22-23H,2-4,6-7,10H2,1H3/b11-5+,14-8+/t15-,16+,17-,18-/m1/s1. The molecule has 0 aromatic heterocycles. The average molecular weight is 376 g/mol. The van der Waals surface area contributed by atoms with Crippen LogP contribution < -0.4 is 0 Å². The predicted molar refractivity (Wildman–Crippen MR) is 96.4 cm³/mol. The molecule has 1 heterocycles. The zero-order valence-electron chi connectivity index (χ0n) is 15.2. The van der Waals surface area contributed by atoms with E-state index in [0.29, 0.717) is 24.8 Å². The maximum atomic E-state index is 12.3. The van der Waals surface area contributed by atoms with Crippen molar-refractivity contribution in [3.8, 4) is 0 Å². The summed E-state index contributed by atoms with van der Waals surface area (Å²) in [6.07, 6.45) is 2.68. The molecule has 2 N–H and O–H groups in total. The molecule has 0 amide bonds. The highest BCUT2D eigenvalue weighted by Crippen LogP contribution is 2.36. The van der Waals surface area contributed by atoms with Crippen molar-refractivity contribution in [2.24, 2.45) is 5.92 Å². The number of aliphatic hydroxyl groups is 2. The zero-order valence-corrected chi connectivity index (χ0v) is 15.2. The molecule has 0 aromatic rings. The number of aliphatic hydroxyl groups excluding tert-OH is 2. The highest BCUT2D eigenvalue weighted by molar-refractivity contribution is 5.92. The number of allylic oxidation sites excluding steroid dienone is 2. The van der Waals surface area contributed by atoms with Crippen molar-refractivity contribution in [1.29, 1.82) is 0 Å². The van der Waals surface area contributed by atoms with Gasteiger partial charge in [-0.25, -0.2) is 9.59 Å². The van der Waals surface area contributed by atoms with Gasteiger partial charge in [0.2, 0.25) is 0 Å². The molecule has 1 saturated heterocycles. The van der Waals surface area contributed by atoms with Crippen LogP contribution in [-0.4, -0.2) is 53.4 Å². The molecule has 7 heteroatoms. The second-order valence-electron chi connectivity index (χ2n) is 6.74. The van der Waals surface area contributed by atoms with Crippen LogP contribution in [0.3, 0.4) is 0 Å². The van der Waals surface area contributed by atoms with Gasteiger partial charge in [-0.3, -0.25) is 4.79 Å². The lowest BCUT2D eigenvalue weighted by atomic mass is 9.85. The predicted octanol–water partition coefficient (Wildman–Crippen LogP) is 1.16. The summed E-state index contributed by atoms with van der Waals surface area (Å²) in [4.78, 5) is 35.7. The van der Waals surface area contributed by atoms with E-state index in [4.69, 9.17) is 14.6 Å². The second kappa shape index (κ2) is 8.92. The Kier molecular flexibility index (Phi) is 6.87. The van der Waals surface area contributed by atoms with Gasteiger partial charge in [-0.2, -0.15) is 0 Å². The van der Waals surface area contributed by atoms with E-state index in [2.05, 4.69) is 13.2 Å². The van der Waals surface area contributed by atoms with Crippen LogP contribution in [0, 0.1) is 5.92 Å². The summed E-state index contributed by atoms with van der Waals surface area (Å²) >= 11 is 0. The SMILES string of the molecule is C=C1C(=O)O[C@@H]2/C=C(/C=O)CC/C=C(\C)C[C@H](OC(=O)C(=C)[C@H](O)CO)[C@@H]12. The van der Waals surface area contributed by atoms with Gasteiger partial charge in [0.05, 0.1) is 18.1 Å². The maximum absolute atomic E-state index is 12.3. The van der Waals surface area contributed by atoms with Gasteiger partial charge in [-0.15, -0.1) is 0 Å². The first-order chi connectivity index (χ1) is 12.8. The van der Waals surface area contributed by atoms with E-state index >= 15 is 0 Å². The van der Waals surface area contributed by atoms with E-state index in [9.17, 15) is 19.5 Å². The summed E-state index contributed by atoms with van der Waals surface area (Å²) in [5, 5.41) is 18.6. The van der Waals surface area contributed by atoms with Crippen molar-refractivity contribution in [3.05, 3.63) is 47.6 Å². The van der Waals surface area contributed by atoms with Crippen LogP contribution in [0.15, 0.2) is 47.6 Å². The monoisotopic (exact) mass is 376 g/mol. The minimum Gasteiger partial charge on any atom is -0.458 e. The molecule has 0 bridgehead atoms. The first-order valence-corrected chi connectivity index (χ1v) is 8.68. The number of aldehydes is 1. The van der Waals surface area contributed by atoms with Gasteiger partial charge >= 0.3 is 11.9 Å².